The summed E-state index contributed by atoms with van der Waals surface area (Å²) >= 11 is 0. The first-order valence-electron chi connectivity index (χ1n) is 13.0. The molecule has 1 heterocycles. The molecule has 0 radical (unpaired) electrons. The number of halogens is 2. The highest BCUT2D eigenvalue weighted by Gasteiger charge is 2.24. The van der Waals surface area contributed by atoms with Crippen LogP contribution in [-0.2, 0) is 33.8 Å². The fraction of sp³-hybridized carbons (Fsp3) is 0.464. The summed E-state index contributed by atoms with van der Waals surface area (Å²) in [5, 5.41) is 19.5. The van der Waals surface area contributed by atoms with Crippen LogP contribution in [0.15, 0.2) is 42.5 Å². The monoisotopic (exact) mass is 530 g/mol. The maximum absolute atomic E-state index is 13.8. The summed E-state index contributed by atoms with van der Waals surface area (Å²) in [7, 11) is 0. The molecule has 3 amide bonds. The predicted octanol–water partition coefficient (Wildman–Crippen LogP) is 1.83. The molecule has 0 spiro atoms. The summed E-state index contributed by atoms with van der Waals surface area (Å²) in [6.45, 7) is 3.75. The van der Waals surface area contributed by atoms with Gasteiger partial charge in [-0.1, -0.05) is 31.2 Å². The molecule has 3 rings (SSSR count). The van der Waals surface area contributed by atoms with E-state index in [-0.39, 0.29) is 44.0 Å². The van der Waals surface area contributed by atoms with Crippen molar-refractivity contribution in [1.29, 1.82) is 0 Å². The lowest BCUT2D eigenvalue weighted by molar-refractivity contribution is -0.133. The Hall–Kier alpha value is -3.37. The van der Waals surface area contributed by atoms with Gasteiger partial charge in [-0.3, -0.25) is 14.4 Å². The van der Waals surface area contributed by atoms with Gasteiger partial charge in [0.05, 0.1) is 12.1 Å². The minimum atomic E-state index is -1.06. The Morgan fingerprint density at radius 3 is 2.53 bits per heavy atom. The zero-order chi connectivity index (χ0) is 27.5. The average molecular weight is 531 g/mol. The van der Waals surface area contributed by atoms with Gasteiger partial charge in [-0.25, -0.2) is 8.78 Å². The van der Waals surface area contributed by atoms with Crippen LogP contribution in [0.25, 0.3) is 0 Å². The lowest BCUT2D eigenvalue weighted by atomic mass is 10.00. The Kier molecular flexibility index (Phi) is 11.2. The smallest absolute Gasteiger partial charge is 0.223 e. The number of hydrogen-bond acceptors (Lipinski definition) is 5. The molecular weight excluding hydrogens is 494 g/mol. The molecule has 38 heavy (non-hydrogen) atoms. The van der Waals surface area contributed by atoms with Crippen molar-refractivity contribution in [2.45, 2.75) is 57.7 Å². The van der Waals surface area contributed by atoms with Gasteiger partial charge < -0.3 is 26.0 Å². The van der Waals surface area contributed by atoms with Gasteiger partial charge >= 0.3 is 0 Å². The van der Waals surface area contributed by atoms with E-state index in [2.05, 4.69) is 28.9 Å². The van der Waals surface area contributed by atoms with E-state index >= 15 is 0 Å². The van der Waals surface area contributed by atoms with Crippen LogP contribution >= 0.6 is 0 Å². The average Bonchev–Trinajstić information content (AvgIpc) is 3.10. The third kappa shape index (κ3) is 9.50. The van der Waals surface area contributed by atoms with E-state index in [1.807, 2.05) is 18.2 Å². The van der Waals surface area contributed by atoms with Gasteiger partial charge in [-0.15, -0.1) is 0 Å². The molecule has 1 fully saturated rings. The van der Waals surface area contributed by atoms with E-state index in [1.165, 1.54) is 5.56 Å². The van der Waals surface area contributed by atoms with Gasteiger partial charge in [0.1, 0.15) is 11.6 Å². The van der Waals surface area contributed by atoms with Crippen LogP contribution in [0, 0.1) is 11.6 Å². The maximum Gasteiger partial charge on any atom is 0.223 e. The Balaban J connectivity index is 1.59. The largest absolute Gasteiger partial charge is 0.390 e. The normalized spacial score (nSPS) is 15.4. The summed E-state index contributed by atoms with van der Waals surface area (Å²) in [6, 6.07) is 10.3. The molecule has 8 nitrogen and oxygen atoms in total. The predicted molar refractivity (Wildman–Crippen MR) is 139 cm³/mol. The van der Waals surface area contributed by atoms with Crippen molar-refractivity contribution in [3.05, 3.63) is 70.8 Å². The van der Waals surface area contributed by atoms with Crippen molar-refractivity contribution in [3.8, 4) is 0 Å². The van der Waals surface area contributed by atoms with E-state index < -0.39 is 29.7 Å². The number of rotatable bonds is 12. The van der Waals surface area contributed by atoms with Gasteiger partial charge in [0.25, 0.3) is 0 Å². The number of aryl methyl sites for hydroxylation is 1. The minimum Gasteiger partial charge on any atom is -0.390 e. The quantitative estimate of drug-likeness (QED) is 0.335. The fourth-order valence-electron chi connectivity index (χ4n) is 4.41. The van der Waals surface area contributed by atoms with Crippen LogP contribution in [0.5, 0.6) is 0 Å². The molecule has 0 aromatic heterocycles. The second-order valence-corrected chi connectivity index (χ2v) is 9.51. The second kappa shape index (κ2) is 14.5. The second-order valence-electron chi connectivity index (χ2n) is 9.51. The number of carbonyl (C=O) groups is 3. The Morgan fingerprint density at radius 1 is 1.05 bits per heavy atom. The third-order valence-corrected chi connectivity index (χ3v) is 6.50. The number of hydrogen-bond donors (Lipinski definition) is 4. The highest BCUT2D eigenvalue weighted by molar-refractivity contribution is 5.84. The molecule has 2 atom stereocenters. The van der Waals surface area contributed by atoms with Gasteiger partial charge in [0.15, 0.2) is 0 Å². The molecule has 1 aliphatic rings. The summed E-state index contributed by atoms with van der Waals surface area (Å²) < 4.78 is 27.5. The molecule has 206 valence electrons. The van der Waals surface area contributed by atoms with E-state index in [9.17, 15) is 28.3 Å². The number of amides is 3. The van der Waals surface area contributed by atoms with Crippen molar-refractivity contribution < 1.29 is 28.3 Å². The van der Waals surface area contributed by atoms with Crippen LogP contribution in [0.3, 0.4) is 0 Å². The molecule has 4 N–H and O–H groups in total. The molecule has 1 aliphatic heterocycles. The Bertz CT molecular complexity index is 1090. The lowest BCUT2D eigenvalue weighted by Crippen LogP contribution is -2.49. The van der Waals surface area contributed by atoms with Crippen LogP contribution < -0.4 is 16.0 Å². The van der Waals surface area contributed by atoms with Crippen molar-refractivity contribution in [2.75, 3.05) is 26.2 Å². The number of carbonyl (C=O) groups excluding carboxylic acids is 3. The number of aliphatic hydroxyl groups excluding tert-OH is 1. The number of nitrogens with zero attached hydrogens (tertiary/aromatic N) is 1. The molecule has 0 unspecified atom stereocenters. The molecule has 10 heteroatoms. The molecule has 0 saturated carbocycles. The summed E-state index contributed by atoms with van der Waals surface area (Å²) in [5.41, 5.74) is 2.54. The van der Waals surface area contributed by atoms with E-state index in [0.29, 0.717) is 31.7 Å². The summed E-state index contributed by atoms with van der Waals surface area (Å²) in [4.78, 5) is 38.3. The van der Waals surface area contributed by atoms with E-state index in [0.717, 1.165) is 30.2 Å². The summed E-state index contributed by atoms with van der Waals surface area (Å²) in [6.07, 6.45) is -0.102. The zero-order valence-corrected chi connectivity index (χ0v) is 21.6. The zero-order valence-electron chi connectivity index (χ0n) is 21.6. The third-order valence-electron chi connectivity index (χ3n) is 6.50. The number of benzene rings is 2. The van der Waals surface area contributed by atoms with Gasteiger partial charge in [-0.05, 0) is 41.7 Å². The highest BCUT2D eigenvalue weighted by atomic mass is 19.1. The van der Waals surface area contributed by atoms with Crippen LogP contribution in [0.1, 0.15) is 42.9 Å². The molecule has 0 bridgehead atoms. The molecular formula is C28H36F2N4O4. The first-order chi connectivity index (χ1) is 18.2. The van der Waals surface area contributed by atoms with Gasteiger partial charge in [-0.2, -0.15) is 0 Å². The first kappa shape index (κ1) is 29.2. The van der Waals surface area contributed by atoms with E-state index in [4.69, 9.17) is 0 Å². The van der Waals surface area contributed by atoms with Crippen LogP contribution in [0.4, 0.5) is 8.78 Å². The van der Waals surface area contributed by atoms with Crippen molar-refractivity contribution >= 4 is 17.7 Å². The SMILES string of the molecule is CCc1cccc(CNC[C@H](O)[C@H](Cc2cc(F)cc(F)c2)NC(=O)CCC(=O)N2CCNC(=O)CC2)c1. The molecule has 2 aromatic rings. The van der Waals surface area contributed by atoms with Crippen LogP contribution in [-0.4, -0.2) is 66.1 Å². The first-order valence-corrected chi connectivity index (χ1v) is 13.0. The molecule has 2 aromatic carbocycles. The maximum atomic E-state index is 13.8. The van der Waals surface area contributed by atoms with Gasteiger partial charge in [0.2, 0.25) is 17.7 Å². The van der Waals surface area contributed by atoms with Gasteiger partial charge in [0, 0.05) is 58.1 Å². The number of nitrogens with one attached hydrogen (secondary N) is 3. The topological polar surface area (TPSA) is 111 Å². The lowest BCUT2D eigenvalue weighted by Gasteiger charge is -2.25. The Morgan fingerprint density at radius 2 is 1.79 bits per heavy atom. The summed E-state index contributed by atoms with van der Waals surface area (Å²) in [5.74, 6) is -2.31. The van der Waals surface area contributed by atoms with Crippen LogP contribution in [0.2, 0.25) is 0 Å². The van der Waals surface area contributed by atoms with Crippen molar-refractivity contribution in [1.82, 2.24) is 20.9 Å². The molecule has 1 saturated heterocycles. The Labute approximate surface area is 221 Å². The highest BCUT2D eigenvalue weighted by Crippen LogP contribution is 2.13. The minimum absolute atomic E-state index is 0.00242. The van der Waals surface area contributed by atoms with E-state index in [1.54, 1.807) is 4.90 Å². The van der Waals surface area contributed by atoms with Crippen molar-refractivity contribution in [3.63, 3.8) is 0 Å². The van der Waals surface area contributed by atoms with Crippen molar-refractivity contribution in [2.24, 2.45) is 0 Å². The fourth-order valence-corrected chi connectivity index (χ4v) is 4.41. The standard InChI is InChI=1S/C28H36F2N4O4/c1-2-19-4-3-5-20(12-19)17-31-18-25(35)24(15-21-13-22(29)16-23(30)14-21)33-27(37)6-7-28(38)34-10-8-26(36)32-9-11-34/h3-5,12-14,16,24-25,31,35H,2,6-11,15,17-18H2,1H3,(H,32,36)(H,33,37)/t24-,25-/m0/s1. The number of aliphatic hydroxyl groups is 1. The molecule has 0 aliphatic carbocycles.